The summed E-state index contributed by atoms with van der Waals surface area (Å²) >= 11 is 0. The average molecular weight is 187 g/mol. The molecule has 0 aromatic heterocycles. The van der Waals surface area contributed by atoms with E-state index in [1.54, 1.807) is 0 Å². The van der Waals surface area contributed by atoms with E-state index in [1.165, 1.54) is 0 Å². The summed E-state index contributed by atoms with van der Waals surface area (Å²) in [5, 5.41) is 12.0. The summed E-state index contributed by atoms with van der Waals surface area (Å²) in [6.07, 6.45) is 2.17. The standard InChI is InChI=1S/C9H18N2O2/c1-11(2,7-9(12)13)8-3-5-10-6-4-8/h8,10H,3-7H2,1-2H3/p+1. The number of quaternary nitrogens is 1. The minimum Gasteiger partial charge on any atom is -0.477 e. The molecule has 1 heterocycles. The zero-order valence-corrected chi connectivity index (χ0v) is 8.42. The molecule has 0 aromatic rings. The molecule has 1 aliphatic heterocycles. The summed E-state index contributed by atoms with van der Waals surface area (Å²) < 4.78 is 0.608. The number of likely N-dealkylation sites (N-methyl/N-ethyl adjacent to an activating group) is 1. The monoisotopic (exact) mass is 187 g/mol. The maximum atomic E-state index is 10.6. The van der Waals surface area contributed by atoms with Crippen molar-refractivity contribution in [1.29, 1.82) is 0 Å². The van der Waals surface area contributed by atoms with Crippen molar-refractivity contribution >= 4 is 5.97 Å². The Bertz CT molecular complexity index is 186. The fourth-order valence-electron chi connectivity index (χ4n) is 1.98. The third-order valence-electron chi connectivity index (χ3n) is 2.84. The van der Waals surface area contributed by atoms with Crippen LogP contribution in [0.2, 0.25) is 0 Å². The third kappa shape index (κ3) is 2.97. The molecule has 0 spiro atoms. The van der Waals surface area contributed by atoms with Crippen LogP contribution < -0.4 is 5.32 Å². The zero-order valence-electron chi connectivity index (χ0n) is 8.42. The lowest BCUT2D eigenvalue weighted by atomic mass is 10.0. The van der Waals surface area contributed by atoms with Gasteiger partial charge in [-0.3, -0.25) is 0 Å². The molecule has 1 fully saturated rings. The highest BCUT2D eigenvalue weighted by Gasteiger charge is 2.31. The number of piperidine rings is 1. The summed E-state index contributed by atoms with van der Waals surface area (Å²) in [6, 6.07) is 0.498. The molecule has 1 saturated heterocycles. The molecule has 1 rings (SSSR count). The molecule has 0 unspecified atom stereocenters. The fraction of sp³-hybridized carbons (Fsp3) is 0.889. The van der Waals surface area contributed by atoms with Crippen molar-refractivity contribution in [1.82, 2.24) is 5.32 Å². The molecule has 13 heavy (non-hydrogen) atoms. The molecule has 0 aliphatic carbocycles. The smallest absolute Gasteiger partial charge is 0.359 e. The van der Waals surface area contributed by atoms with Crippen molar-refractivity contribution in [2.24, 2.45) is 0 Å². The third-order valence-corrected chi connectivity index (χ3v) is 2.84. The molecule has 0 aromatic carbocycles. The quantitative estimate of drug-likeness (QED) is 0.607. The number of rotatable bonds is 3. The summed E-state index contributed by atoms with van der Waals surface area (Å²) in [4.78, 5) is 10.6. The SMILES string of the molecule is C[N+](C)(CC(=O)O)C1CCNCC1. The van der Waals surface area contributed by atoms with Gasteiger partial charge in [-0.25, -0.2) is 4.79 Å². The van der Waals surface area contributed by atoms with Crippen LogP contribution in [0, 0.1) is 0 Å². The molecule has 0 atom stereocenters. The predicted molar refractivity (Wildman–Crippen MR) is 50.5 cm³/mol. The predicted octanol–water partition coefficient (Wildman–Crippen LogP) is -0.101. The van der Waals surface area contributed by atoms with Gasteiger partial charge in [-0.2, -0.15) is 0 Å². The van der Waals surface area contributed by atoms with Gasteiger partial charge < -0.3 is 14.9 Å². The van der Waals surface area contributed by atoms with Gasteiger partial charge in [0.05, 0.1) is 20.1 Å². The topological polar surface area (TPSA) is 49.3 Å². The van der Waals surface area contributed by atoms with E-state index in [2.05, 4.69) is 5.32 Å². The van der Waals surface area contributed by atoms with Crippen molar-refractivity contribution in [2.45, 2.75) is 18.9 Å². The molecule has 0 bridgehead atoms. The van der Waals surface area contributed by atoms with Crippen molar-refractivity contribution < 1.29 is 14.4 Å². The Balaban J connectivity index is 2.50. The number of hydrogen-bond acceptors (Lipinski definition) is 2. The van der Waals surface area contributed by atoms with E-state index in [1.807, 2.05) is 14.1 Å². The number of hydrogen-bond donors (Lipinski definition) is 2. The molecular weight excluding hydrogens is 168 g/mol. The van der Waals surface area contributed by atoms with E-state index in [-0.39, 0.29) is 6.54 Å². The second kappa shape index (κ2) is 4.07. The highest BCUT2D eigenvalue weighted by Crippen LogP contribution is 2.16. The van der Waals surface area contributed by atoms with Gasteiger partial charge in [-0.05, 0) is 0 Å². The van der Waals surface area contributed by atoms with Gasteiger partial charge in [0.25, 0.3) is 0 Å². The highest BCUT2D eigenvalue weighted by atomic mass is 16.4. The van der Waals surface area contributed by atoms with Crippen molar-refractivity contribution in [3.8, 4) is 0 Å². The van der Waals surface area contributed by atoms with Crippen LogP contribution in [0.4, 0.5) is 0 Å². The van der Waals surface area contributed by atoms with Gasteiger partial charge >= 0.3 is 5.97 Å². The fourth-order valence-corrected chi connectivity index (χ4v) is 1.98. The first-order valence-corrected chi connectivity index (χ1v) is 4.77. The van der Waals surface area contributed by atoms with Crippen LogP contribution in [-0.2, 0) is 4.79 Å². The minimum absolute atomic E-state index is 0.227. The highest BCUT2D eigenvalue weighted by molar-refractivity contribution is 5.67. The Labute approximate surface area is 79.1 Å². The van der Waals surface area contributed by atoms with Crippen LogP contribution in [0.25, 0.3) is 0 Å². The summed E-state index contributed by atoms with van der Waals surface area (Å²) in [5.74, 6) is -0.705. The molecule has 1 aliphatic rings. The van der Waals surface area contributed by atoms with Crippen LogP contribution in [-0.4, -0.2) is 55.3 Å². The zero-order chi connectivity index (χ0) is 9.90. The Kier molecular flexibility index (Phi) is 3.27. The van der Waals surface area contributed by atoms with Gasteiger partial charge in [-0.1, -0.05) is 0 Å². The first-order chi connectivity index (χ1) is 6.02. The lowest BCUT2D eigenvalue weighted by Crippen LogP contribution is -2.55. The number of carboxylic acid groups (broad SMARTS) is 1. The van der Waals surface area contributed by atoms with E-state index in [0.29, 0.717) is 10.5 Å². The Morgan fingerprint density at radius 2 is 2.00 bits per heavy atom. The molecular formula is C9H19N2O2+. The Hall–Kier alpha value is -0.610. The molecule has 4 heteroatoms. The minimum atomic E-state index is -0.705. The molecule has 0 saturated carbocycles. The number of carboxylic acids is 1. The van der Waals surface area contributed by atoms with Gasteiger partial charge in [0.1, 0.15) is 0 Å². The molecule has 0 radical (unpaired) electrons. The van der Waals surface area contributed by atoms with Crippen LogP contribution in [0.5, 0.6) is 0 Å². The van der Waals surface area contributed by atoms with Crippen molar-refractivity contribution in [2.75, 3.05) is 33.7 Å². The average Bonchev–Trinajstić information content (AvgIpc) is 2.04. The summed E-state index contributed by atoms with van der Waals surface area (Å²) in [7, 11) is 4.01. The first-order valence-electron chi connectivity index (χ1n) is 4.77. The normalized spacial score (nSPS) is 20.2. The summed E-state index contributed by atoms with van der Waals surface area (Å²) in [6.45, 7) is 2.27. The first kappa shape index (κ1) is 10.5. The van der Waals surface area contributed by atoms with Gasteiger partial charge in [0.2, 0.25) is 0 Å². The largest absolute Gasteiger partial charge is 0.477 e. The van der Waals surface area contributed by atoms with Crippen LogP contribution in [0.3, 0.4) is 0 Å². The molecule has 0 amide bonds. The van der Waals surface area contributed by atoms with Crippen LogP contribution in [0.1, 0.15) is 12.8 Å². The lowest BCUT2D eigenvalue weighted by Gasteiger charge is -2.39. The Morgan fingerprint density at radius 1 is 1.46 bits per heavy atom. The molecule has 2 N–H and O–H groups in total. The van der Waals surface area contributed by atoms with E-state index in [4.69, 9.17) is 5.11 Å². The van der Waals surface area contributed by atoms with E-state index < -0.39 is 5.97 Å². The molecule has 76 valence electrons. The van der Waals surface area contributed by atoms with Crippen molar-refractivity contribution in [3.05, 3.63) is 0 Å². The van der Waals surface area contributed by atoms with Crippen LogP contribution in [0.15, 0.2) is 0 Å². The number of aliphatic carboxylic acids is 1. The number of nitrogens with zero attached hydrogens (tertiary/aromatic N) is 1. The maximum Gasteiger partial charge on any atom is 0.359 e. The Morgan fingerprint density at radius 3 is 2.46 bits per heavy atom. The molecule has 4 nitrogen and oxygen atoms in total. The van der Waals surface area contributed by atoms with Gasteiger partial charge in [0, 0.05) is 25.9 Å². The van der Waals surface area contributed by atoms with E-state index in [0.717, 1.165) is 25.9 Å². The second-order valence-corrected chi connectivity index (χ2v) is 4.31. The number of nitrogens with one attached hydrogen (secondary N) is 1. The van der Waals surface area contributed by atoms with Gasteiger partial charge in [0.15, 0.2) is 6.54 Å². The number of carbonyl (C=O) groups is 1. The van der Waals surface area contributed by atoms with Crippen LogP contribution >= 0.6 is 0 Å². The van der Waals surface area contributed by atoms with Crippen molar-refractivity contribution in [3.63, 3.8) is 0 Å². The lowest BCUT2D eigenvalue weighted by molar-refractivity contribution is -0.909. The summed E-state index contributed by atoms with van der Waals surface area (Å²) in [5.41, 5.74) is 0. The van der Waals surface area contributed by atoms with E-state index >= 15 is 0 Å². The van der Waals surface area contributed by atoms with Gasteiger partial charge in [-0.15, -0.1) is 0 Å². The maximum absolute atomic E-state index is 10.6. The second-order valence-electron chi connectivity index (χ2n) is 4.31. The van der Waals surface area contributed by atoms with E-state index in [9.17, 15) is 4.79 Å².